The Bertz CT molecular complexity index is 865. The van der Waals surface area contributed by atoms with Gasteiger partial charge in [0, 0.05) is 5.56 Å². The Hall–Kier alpha value is -2.88. The molecule has 0 unspecified atom stereocenters. The summed E-state index contributed by atoms with van der Waals surface area (Å²) in [7, 11) is 0. The molecule has 0 saturated heterocycles. The van der Waals surface area contributed by atoms with Crippen molar-refractivity contribution in [2.45, 2.75) is 0 Å². The molecule has 98 valence electrons. The van der Waals surface area contributed by atoms with Crippen LogP contribution in [-0.4, -0.2) is 22.5 Å². The predicted octanol–water partition coefficient (Wildman–Crippen LogP) is 3.21. The third kappa shape index (κ3) is 1.70. The fourth-order valence-corrected chi connectivity index (χ4v) is 2.45. The number of phenols is 1. The van der Waals surface area contributed by atoms with E-state index in [9.17, 15) is 14.7 Å². The maximum absolute atomic E-state index is 11.3. The Balaban J connectivity index is 2.52. The van der Waals surface area contributed by atoms with Crippen LogP contribution < -0.4 is 0 Å². The van der Waals surface area contributed by atoms with Crippen molar-refractivity contribution in [2.75, 3.05) is 0 Å². The zero-order valence-electron chi connectivity index (χ0n) is 10.3. The van der Waals surface area contributed by atoms with Gasteiger partial charge in [-0.25, -0.2) is 4.79 Å². The number of benzene rings is 3. The Kier molecular flexibility index (Phi) is 2.64. The molecule has 0 fully saturated rings. The highest BCUT2D eigenvalue weighted by atomic mass is 16.4. The first-order valence-corrected chi connectivity index (χ1v) is 5.99. The number of hydrogen-bond acceptors (Lipinski definition) is 3. The SMILES string of the molecule is O=Cc1c(C(=O)O)c(O)cc2cc3ccccc3cc12. The molecule has 0 atom stereocenters. The molecule has 0 aliphatic carbocycles. The van der Waals surface area contributed by atoms with Gasteiger partial charge in [-0.2, -0.15) is 0 Å². The van der Waals surface area contributed by atoms with E-state index < -0.39 is 11.7 Å². The van der Waals surface area contributed by atoms with Gasteiger partial charge in [-0.05, 0) is 39.7 Å². The topological polar surface area (TPSA) is 74.6 Å². The van der Waals surface area contributed by atoms with Crippen LogP contribution in [0.4, 0.5) is 0 Å². The molecule has 4 heteroatoms. The summed E-state index contributed by atoms with van der Waals surface area (Å²) in [6.45, 7) is 0. The Morgan fingerprint density at radius 3 is 2.25 bits per heavy atom. The van der Waals surface area contributed by atoms with Crippen LogP contribution in [0.5, 0.6) is 5.75 Å². The normalized spacial score (nSPS) is 10.8. The van der Waals surface area contributed by atoms with Crippen molar-refractivity contribution in [3.63, 3.8) is 0 Å². The van der Waals surface area contributed by atoms with E-state index in [1.807, 2.05) is 30.3 Å². The third-order valence-corrected chi connectivity index (χ3v) is 3.36. The molecule has 3 aromatic carbocycles. The van der Waals surface area contributed by atoms with Crippen LogP contribution in [0.1, 0.15) is 20.7 Å². The average molecular weight is 266 g/mol. The van der Waals surface area contributed by atoms with Gasteiger partial charge in [-0.15, -0.1) is 0 Å². The van der Waals surface area contributed by atoms with Crippen molar-refractivity contribution in [3.05, 3.63) is 53.6 Å². The first kappa shape index (κ1) is 12.2. The highest BCUT2D eigenvalue weighted by Gasteiger charge is 2.18. The second kappa shape index (κ2) is 4.35. The number of aldehydes is 1. The minimum atomic E-state index is -1.32. The van der Waals surface area contributed by atoms with Crippen LogP contribution in [0.15, 0.2) is 42.5 Å². The summed E-state index contributed by atoms with van der Waals surface area (Å²) in [6, 6.07) is 12.5. The highest BCUT2D eigenvalue weighted by Crippen LogP contribution is 2.32. The van der Waals surface area contributed by atoms with E-state index >= 15 is 0 Å². The molecule has 0 aromatic heterocycles. The zero-order valence-corrected chi connectivity index (χ0v) is 10.3. The lowest BCUT2D eigenvalue weighted by Crippen LogP contribution is -2.03. The van der Waals surface area contributed by atoms with Crippen LogP contribution in [0, 0.1) is 0 Å². The van der Waals surface area contributed by atoms with Crippen molar-refractivity contribution in [3.8, 4) is 5.75 Å². The van der Waals surface area contributed by atoms with Gasteiger partial charge in [-0.1, -0.05) is 24.3 Å². The van der Waals surface area contributed by atoms with Gasteiger partial charge < -0.3 is 10.2 Å². The smallest absolute Gasteiger partial charge is 0.340 e. The molecule has 0 amide bonds. The second-order valence-corrected chi connectivity index (χ2v) is 4.53. The molecule has 0 aliphatic rings. The standard InChI is InChI=1S/C16H10O4/c17-8-13-12-6-10-4-2-1-3-9(10)5-11(12)7-14(18)15(13)16(19)20/h1-8,18H,(H,19,20). The van der Waals surface area contributed by atoms with Crippen molar-refractivity contribution in [2.24, 2.45) is 0 Å². The molecule has 0 bridgehead atoms. The third-order valence-electron chi connectivity index (χ3n) is 3.36. The minimum absolute atomic E-state index is 0.00162. The van der Waals surface area contributed by atoms with Gasteiger partial charge in [-0.3, -0.25) is 4.79 Å². The molecule has 2 N–H and O–H groups in total. The summed E-state index contributed by atoms with van der Waals surface area (Å²) < 4.78 is 0. The largest absolute Gasteiger partial charge is 0.507 e. The maximum Gasteiger partial charge on any atom is 0.340 e. The van der Waals surface area contributed by atoms with E-state index in [-0.39, 0.29) is 11.1 Å². The number of carboxylic acid groups (broad SMARTS) is 1. The molecule has 0 saturated carbocycles. The van der Waals surface area contributed by atoms with Gasteiger partial charge in [0.15, 0.2) is 6.29 Å². The number of aromatic carboxylic acids is 1. The number of rotatable bonds is 2. The van der Waals surface area contributed by atoms with Crippen LogP contribution >= 0.6 is 0 Å². The van der Waals surface area contributed by atoms with Crippen molar-refractivity contribution < 1.29 is 19.8 Å². The Labute approximate surface area is 113 Å². The highest BCUT2D eigenvalue weighted by molar-refractivity contribution is 6.12. The molecule has 0 spiro atoms. The van der Waals surface area contributed by atoms with Gasteiger partial charge in [0.25, 0.3) is 0 Å². The van der Waals surface area contributed by atoms with Gasteiger partial charge in [0.1, 0.15) is 11.3 Å². The molecule has 3 aromatic rings. The quantitative estimate of drug-likeness (QED) is 0.551. The number of fused-ring (bicyclic) bond motifs is 2. The van der Waals surface area contributed by atoms with Gasteiger partial charge >= 0.3 is 5.97 Å². The lowest BCUT2D eigenvalue weighted by Gasteiger charge is -2.09. The Morgan fingerprint density at radius 2 is 1.65 bits per heavy atom. The number of hydrogen-bond donors (Lipinski definition) is 2. The monoisotopic (exact) mass is 266 g/mol. The van der Waals surface area contributed by atoms with Crippen LogP contribution in [-0.2, 0) is 0 Å². The van der Waals surface area contributed by atoms with Gasteiger partial charge in [0.2, 0.25) is 0 Å². The number of carbonyl (C=O) groups is 2. The van der Waals surface area contributed by atoms with Crippen LogP contribution in [0.3, 0.4) is 0 Å². The van der Waals surface area contributed by atoms with E-state index in [2.05, 4.69) is 0 Å². The molecule has 0 radical (unpaired) electrons. The molecule has 0 heterocycles. The molecule has 0 aliphatic heterocycles. The van der Waals surface area contributed by atoms with Crippen LogP contribution in [0.2, 0.25) is 0 Å². The zero-order chi connectivity index (χ0) is 14.3. The first-order chi connectivity index (χ1) is 9.61. The first-order valence-electron chi connectivity index (χ1n) is 5.99. The van der Waals surface area contributed by atoms with Crippen molar-refractivity contribution >= 4 is 33.8 Å². The lowest BCUT2D eigenvalue weighted by molar-refractivity contribution is 0.0691. The summed E-state index contributed by atoms with van der Waals surface area (Å²) in [5, 5.41) is 22.0. The second-order valence-electron chi connectivity index (χ2n) is 4.53. The van der Waals surface area contributed by atoms with E-state index in [0.717, 1.165) is 10.8 Å². The Morgan fingerprint density at radius 1 is 1.00 bits per heavy atom. The van der Waals surface area contributed by atoms with Crippen LogP contribution in [0.25, 0.3) is 21.5 Å². The summed E-state index contributed by atoms with van der Waals surface area (Å²) in [5.41, 5.74) is -0.360. The number of carboxylic acids is 1. The fraction of sp³-hybridized carbons (Fsp3) is 0. The summed E-state index contributed by atoms with van der Waals surface area (Å²) in [5.74, 6) is -1.72. The van der Waals surface area contributed by atoms with Gasteiger partial charge in [0.05, 0.1) is 0 Å². The maximum atomic E-state index is 11.3. The fourth-order valence-electron chi connectivity index (χ4n) is 2.45. The molecule has 20 heavy (non-hydrogen) atoms. The van der Waals surface area contributed by atoms with E-state index in [1.165, 1.54) is 6.07 Å². The summed E-state index contributed by atoms with van der Waals surface area (Å²) in [6.07, 6.45) is 0.472. The average Bonchev–Trinajstić information content (AvgIpc) is 2.43. The summed E-state index contributed by atoms with van der Waals surface area (Å²) >= 11 is 0. The van der Waals surface area contributed by atoms with E-state index in [4.69, 9.17) is 5.11 Å². The minimum Gasteiger partial charge on any atom is -0.507 e. The summed E-state index contributed by atoms with van der Waals surface area (Å²) in [4.78, 5) is 22.4. The number of aromatic hydroxyl groups is 1. The van der Waals surface area contributed by atoms with E-state index in [1.54, 1.807) is 6.07 Å². The molecule has 4 nitrogen and oxygen atoms in total. The van der Waals surface area contributed by atoms with E-state index in [0.29, 0.717) is 17.1 Å². The molecular formula is C16H10O4. The lowest BCUT2D eigenvalue weighted by atomic mass is 9.96. The predicted molar refractivity (Wildman–Crippen MR) is 75.5 cm³/mol. The molecular weight excluding hydrogens is 256 g/mol. The van der Waals surface area contributed by atoms with Crippen molar-refractivity contribution in [1.29, 1.82) is 0 Å². The van der Waals surface area contributed by atoms with Crippen molar-refractivity contribution in [1.82, 2.24) is 0 Å². The number of carbonyl (C=O) groups excluding carboxylic acids is 1. The molecule has 3 rings (SSSR count).